The highest BCUT2D eigenvalue weighted by atomic mass is 32.2. The third-order valence-corrected chi connectivity index (χ3v) is 4.67. The minimum Gasteiger partial charge on any atom is -0.341 e. The number of benzene rings is 2. The minimum absolute atomic E-state index is 0.0573. The zero-order chi connectivity index (χ0) is 18.5. The number of thioether (sulfide) groups is 1. The van der Waals surface area contributed by atoms with E-state index in [0.29, 0.717) is 11.7 Å². The first kappa shape index (κ1) is 18.1. The first-order valence-electron chi connectivity index (χ1n) is 7.99. The molecule has 0 unspecified atom stereocenters. The van der Waals surface area contributed by atoms with E-state index in [1.54, 1.807) is 28.8 Å². The minimum atomic E-state index is -0.290. The molecule has 0 atom stereocenters. The Kier molecular flexibility index (Phi) is 5.62. The molecule has 0 saturated carbocycles. The number of hydrogen-bond acceptors (Lipinski definition) is 5. The molecule has 0 aliphatic rings. The van der Waals surface area contributed by atoms with Gasteiger partial charge in [-0.15, -0.1) is 5.10 Å². The van der Waals surface area contributed by atoms with Gasteiger partial charge in [-0.05, 0) is 52.7 Å². The van der Waals surface area contributed by atoms with Gasteiger partial charge in [-0.2, -0.15) is 4.68 Å². The summed E-state index contributed by atoms with van der Waals surface area (Å²) in [5.41, 5.74) is 2.82. The molecule has 0 N–H and O–H groups in total. The molecule has 0 radical (unpaired) electrons. The van der Waals surface area contributed by atoms with Crippen LogP contribution in [0.1, 0.15) is 11.1 Å². The van der Waals surface area contributed by atoms with Crippen molar-refractivity contribution in [3.05, 3.63) is 65.5 Å². The predicted molar refractivity (Wildman–Crippen MR) is 97.5 cm³/mol. The molecule has 1 aromatic heterocycles. The summed E-state index contributed by atoms with van der Waals surface area (Å²) in [5.74, 6) is -0.136. The lowest BCUT2D eigenvalue weighted by Gasteiger charge is -2.17. The first-order valence-corrected chi connectivity index (χ1v) is 8.98. The fraction of sp³-hybridized carbons (Fsp3) is 0.222. The number of nitrogens with zero attached hydrogens (tertiary/aromatic N) is 5. The Bertz CT molecular complexity index is 897. The first-order chi connectivity index (χ1) is 12.5. The average Bonchev–Trinajstić information content (AvgIpc) is 3.10. The van der Waals surface area contributed by atoms with Crippen LogP contribution in [-0.4, -0.2) is 43.8 Å². The van der Waals surface area contributed by atoms with Gasteiger partial charge in [0, 0.05) is 13.6 Å². The van der Waals surface area contributed by atoms with Gasteiger partial charge in [0.05, 0.1) is 11.4 Å². The van der Waals surface area contributed by atoms with Crippen LogP contribution in [0.25, 0.3) is 5.69 Å². The summed E-state index contributed by atoms with van der Waals surface area (Å²) in [7, 11) is 1.72. The quantitative estimate of drug-likeness (QED) is 0.624. The largest absolute Gasteiger partial charge is 0.341 e. The third-order valence-electron chi connectivity index (χ3n) is 3.77. The lowest BCUT2D eigenvalue weighted by molar-refractivity contribution is -0.127. The number of tetrazole rings is 1. The van der Waals surface area contributed by atoms with Gasteiger partial charge in [0.25, 0.3) is 0 Å². The molecule has 0 fully saturated rings. The molecule has 0 aliphatic carbocycles. The van der Waals surface area contributed by atoms with E-state index in [1.807, 2.05) is 31.2 Å². The summed E-state index contributed by atoms with van der Waals surface area (Å²) in [5, 5.41) is 12.3. The fourth-order valence-corrected chi connectivity index (χ4v) is 3.21. The van der Waals surface area contributed by atoms with Gasteiger partial charge < -0.3 is 4.90 Å². The maximum atomic E-state index is 13.0. The molecule has 6 nitrogen and oxygen atoms in total. The summed E-state index contributed by atoms with van der Waals surface area (Å²) >= 11 is 1.28. The van der Waals surface area contributed by atoms with Crippen molar-refractivity contribution < 1.29 is 9.18 Å². The van der Waals surface area contributed by atoms with Crippen LogP contribution in [0.4, 0.5) is 4.39 Å². The molecule has 3 aromatic rings. The van der Waals surface area contributed by atoms with Crippen molar-refractivity contribution in [3.8, 4) is 5.69 Å². The Morgan fingerprint density at radius 2 is 2.00 bits per heavy atom. The van der Waals surface area contributed by atoms with E-state index in [2.05, 4.69) is 15.5 Å². The molecule has 0 saturated heterocycles. The Morgan fingerprint density at radius 3 is 2.73 bits per heavy atom. The molecule has 8 heteroatoms. The highest BCUT2D eigenvalue weighted by Crippen LogP contribution is 2.19. The van der Waals surface area contributed by atoms with Gasteiger partial charge in [-0.3, -0.25) is 4.79 Å². The number of amides is 1. The van der Waals surface area contributed by atoms with Crippen molar-refractivity contribution >= 4 is 17.7 Å². The zero-order valence-electron chi connectivity index (χ0n) is 14.5. The summed E-state index contributed by atoms with van der Waals surface area (Å²) in [6.45, 7) is 2.41. The van der Waals surface area contributed by atoms with Gasteiger partial charge in [0.2, 0.25) is 11.1 Å². The maximum absolute atomic E-state index is 13.0. The molecular formula is C18H18FN5OS. The van der Waals surface area contributed by atoms with Gasteiger partial charge in [0.1, 0.15) is 5.82 Å². The van der Waals surface area contributed by atoms with Crippen LogP contribution in [0, 0.1) is 12.7 Å². The van der Waals surface area contributed by atoms with E-state index in [-0.39, 0.29) is 17.5 Å². The number of hydrogen-bond donors (Lipinski definition) is 0. The van der Waals surface area contributed by atoms with E-state index >= 15 is 0 Å². The van der Waals surface area contributed by atoms with Gasteiger partial charge in [-0.25, -0.2) is 4.39 Å². The second kappa shape index (κ2) is 8.09. The Balaban J connectivity index is 1.61. The van der Waals surface area contributed by atoms with Crippen LogP contribution in [0.5, 0.6) is 0 Å². The summed E-state index contributed by atoms with van der Waals surface area (Å²) < 4.78 is 14.6. The second-order valence-corrected chi connectivity index (χ2v) is 6.82. The Morgan fingerprint density at radius 1 is 1.23 bits per heavy atom. The molecule has 26 heavy (non-hydrogen) atoms. The van der Waals surface area contributed by atoms with Crippen LogP contribution < -0.4 is 0 Å². The molecule has 0 bridgehead atoms. The highest BCUT2D eigenvalue weighted by molar-refractivity contribution is 7.99. The van der Waals surface area contributed by atoms with Crippen LogP contribution in [0.15, 0.2) is 53.7 Å². The number of carbonyl (C=O) groups excluding carboxylic acids is 1. The van der Waals surface area contributed by atoms with E-state index in [4.69, 9.17) is 0 Å². The monoisotopic (exact) mass is 371 g/mol. The summed E-state index contributed by atoms with van der Waals surface area (Å²) in [6, 6.07) is 13.9. The lowest BCUT2D eigenvalue weighted by atomic mass is 10.2. The second-order valence-electron chi connectivity index (χ2n) is 5.88. The van der Waals surface area contributed by atoms with Gasteiger partial charge in [-0.1, -0.05) is 36.0 Å². The topological polar surface area (TPSA) is 63.9 Å². The fourth-order valence-electron chi connectivity index (χ4n) is 2.38. The van der Waals surface area contributed by atoms with Crippen LogP contribution in [0.2, 0.25) is 0 Å². The highest BCUT2D eigenvalue weighted by Gasteiger charge is 2.14. The van der Waals surface area contributed by atoms with Gasteiger partial charge in [0.15, 0.2) is 0 Å². The van der Waals surface area contributed by atoms with E-state index in [1.165, 1.54) is 23.9 Å². The van der Waals surface area contributed by atoms with E-state index in [0.717, 1.165) is 16.8 Å². The maximum Gasteiger partial charge on any atom is 0.233 e. The number of aryl methyl sites for hydroxylation is 1. The molecule has 0 aliphatic heterocycles. The zero-order valence-corrected chi connectivity index (χ0v) is 15.3. The van der Waals surface area contributed by atoms with Crippen molar-refractivity contribution in [2.45, 2.75) is 18.6 Å². The van der Waals surface area contributed by atoms with Crippen molar-refractivity contribution in [2.24, 2.45) is 0 Å². The molecule has 3 rings (SSSR count). The molecule has 0 spiro atoms. The number of halogens is 1. The van der Waals surface area contributed by atoms with Gasteiger partial charge >= 0.3 is 0 Å². The van der Waals surface area contributed by atoms with Crippen molar-refractivity contribution in [3.63, 3.8) is 0 Å². The van der Waals surface area contributed by atoms with Crippen molar-refractivity contribution in [2.75, 3.05) is 12.8 Å². The van der Waals surface area contributed by atoms with Crippen molar-refractivity contribution in [1.29, 1.82) is 0 Å². The molecular weight excluding hydrogens is 353 g/mol. The van der Waals surface area contributed by atoms with Crippen LogP contribution in [0.3, 0.4) is 0 Å². The third kappa shape index (κ3) is 4.45. The number of rotatable bonds is 6. The predicted octanol–water partition coefficient (Wildman–Crippen LogP) is 2.86. The van der Waals surface area contributed by atoms with Crippen LogP contribution in [-0.2, 0) is 11.3 Å². The van der Waals surface area contributed by atoms with Crippen molar-refractivity contribution in [1.82, 2.24) is 25.1 Å². The molecule has 2 aromatic carbocycles. The Labute approximate surface area is 155 Å². The Hall–Kier alpha value is -2.74. The smallest absolute Gasteiger partial charge is 0.233 e. The number of carbonyl (C=O) groups is 1. The standard InChI is InChI=1S/C18H18FN5OS/c1-13-4-3-5-16(10-13)24-18(20-21-22-24)26-12-17(25)23(2)11-14-6-8-15(19)9-7-14/h3-10H,11-12H2,1-2H3. The SMILES string of the molecule is Cc1cccc(-n2nnnc2SCC(=O)N(C)Cc2ccc(F)cc2)c1. The molecule has 134 valence electrons. The van der Waals surface area contributed by atoms with E-state index in [9.17, 15) is 9.18 Å². The molecule has 1 heterocycles. The normalized spacial score (nSPS) is 10.7. The summed E-state index contributed by atoms with van der Waals surface area (Å²) in [6.07, 6.45) is 0. The lowest BCUT2D eigenvalue weighted by Crippen LogP contribution is -2.27. The number of aromatic nitrogens is 4. The summed E-state index contributed by atoms with van der Waals surface area (Å²) in [4.78, 5) is 14.0. The van der Waals surface area contributed by atoms with Crippen LogP contribution >= 0.6 is 11.8 Å². The average molecular weight is 371 g/mol. The molecule has 1 amide bonds. The van der Waals surface area contributed by atoms with E-state index < -0.39 is 0 Å².